The first kappa shape index (κ1) is 16.5. The Morgan fingerprint density at radius 1 is 0.964 bits per heavy atom. The predicted octanol–water partition coefficient (Wildman–Crippen LogP) is 4.06. The third-order valence-electron chi connectivity index (χ3n) is 5.04. The molecule has 0 radical (unpaired) electrons. The van der Waals surface area contributed by atoms with Crippen LogP contribution in [0.5, 0.6) is 28.7 Å². The van der Waals surface area contributed by atoms with E-state index in [0.717, 1.165) is 0 Å². The summed E-state index contributed by atoms with van der Waals surface area (Å²) < 4.78 is 17.8. The van der Waals surface area contributed by atoms with Crippen LogP contribution in [0.2, 0.25) is 0 Å². The van der Waals surface area contributed by atoms with Gasteiger partial charge in [-0.05, 0) is 25.1 Å². The monoisotopic (exact) mass is 376 g/mol. The van der Waals surface area contributed by atoms with E-state index in [4.69, 9.17) is 14.2 Å². The Bertz CT molecular complexity index is 1140. The van der Waals surface area contributed by atoms with Crippen molar-refractivity contribution >= 4 is 5.97 Å². The second-order valence-electron chi connectivity index (χ2n) is 6.65. The van der Waals surface area contributed by atoms with Gasteiger partial charge in [-0.3, -0.25) is 0 Å². The molecule has 0 saturated carbocycles. The zero-order valence-electron chi connectivity index (χ0n) is 14.9. The average Bonchev–Trinajstić information content (AvgIpc) is 2.95. The van der Waals surface area contributed by atoms with Crippen molar-refractivity contribution in [1.29, 1.82) is 0 Å². The number of ether oxygens (including phenoxy) is 3. The van der Waals surface area contributed by atoms with Crippen LogP contribution in [-0.4, -0.2) is 22.8 Å². The van der Waals surface area contributed by atoms with E-state index in [9.17, 15) is 15.0 Å². The summed E-state index contributed by atoms with van der Waals surface area (Å²) >= 11 is 0. The number of hydrogen-bond acceptors (Lipinski definition) is 6. The number of carbonyl (C=O) groups is 1. The summed E-state index contributed by atoms with van der Waals surface area (Å²) in [5, 5.41) is 20.1. The highest BCUT2D eigenvalue weighted by atomic mass is 16.6. The van der Waals surface area contributed by atoms with Gasteiger partial charge in [0.1, 0.15) is 28.7 Å². The van der Waals surface area contributed by atoms with Crippen LogP contribution in [0.4, 0.5) is 0 Å². The van der Waals surface area contributed by atoms with Gasteiger partial charge in [0.05, 0.1) is 17.7 Å². The second-order valence-corrected chi connectivity index (χ2v) is 6.65. The summed E-state index contributed by atoms with van der Waals surface area (Å²) in [6.07, 6.45) is 0. The Kier molecular flexibility index (Phi) is 3.34. The predicted molar refractivity (Wildman–Crippen MR) is 99.2 cm³/mol. The smallest absolute Gasteiger partial charge is 0.340 e. The summed E-state index contributed by atoms with van der Waals surface area (Å²) in [5.74, 6) is 0.508. The van der Waals surface area contributed by atoms with Gasteiger partial charge in [-0.1, -0.05) is 18.2 Å². The zero-order valence-corrected chi connectivity index (χ0v) is 14.9. The van der Waals surface area contributed by atoms with Gasteiger partial charge in [0, 0.05) is 29.3 Å². The molecule has 0 amide bonds. The minimum Gasteiger partial charge on any atom is -0.508 e. The molecule has 140 valence electrons. The molecule has 6 nitrogen and oxygen atoms in total. The number of benzene rings is 3. The van der Waals surface area contributed by atoms with E-state index in [0.29, 0.717) is 46.1 Å². The topological polar surface area (TPSA) is 85.2 Å². The van der Waals surface area contributed by atoms with Gasteiger partial charge in [0.15, 0.2) is 5.60 Å². The van der Waals surface area contributed by atoms with Crippen molar-refractivity contribution in [1.82, 2.24) is 0 Å². The molecule has 0 bridgehead atoms. The molecule has 0 aromatic heterocycles. The van der Waals surface area contributed by atoms with Crippen LogP contribution in [0.25, 0.3) is 0 Å². The highest BCUT2D eigenvalue weighted by Crippen LogP contribution is 2.59. The molecular formula is C22H16O6. The molecule has 1 atom stereocenters. The summed E-state index contributed by atoms with van der Waals surface area (Å²) in [5.41, 5.74) is 0.877. The standard InChI is InChI=1S/C22H16O6/c1-2-26-18-10-13(24)11-19-20(18)22(16-8-7-12(23)9-17(16)27-19)15-6-4-3-5-14(15)21(25)28-22/h3-11,23-24H,2H2,1H3. The second kappa shape index (κ2) is 5.66. The average molecular weight is 376 g/mol. The maximum Gasteiger partial charge on any atom is 0.340 e. The Morgan fingerprint density at radius 2 is 1.75 bits per heavy atom. The van der Waals surface area contributed by atoms with Gasteiger partial charge in [-0.15, -0.1) is 0 Å². The van der Waals surface area contributed by atoms with E-state index in [1.165, 1.54) is 24.3 Å². The van der Waals surface area contributed by atoms with Crippen LogP contribution in [0.3, 0.4) is 0 Å². The molecule has 3 aromatic rings. The molecule has 0 saturated heterocycles. The van der Waals surface area contributed by atoms with Crippen LogP contribution in [0.15, 0.2) is 54.6 Å². The molecular weight excluding hydrogens is 360 g/mol. The number of esters is 1. The minimum atomic E-state index is -1.30. The molecule has 0 aliphatic carbocycles. The number of fused-ring (bicyclic) bond motifs is 6. The van der Waals surface area contributed by atoms with Gasteiger partial charge in [0.25, 0.3) is 0 Å². The largest absolute Gasteiger partial charge is 0.508 e. The summed E-state index contributed by atoms with van der Waals surface area (Å²) in [6.45, 7) is 2.18. The lowest BCUT2D eigenvalue weighted by atomic mass is 9.77. The Morgan fingerprint density at radius 3 is 2.57 bits per heavy atom. The minimum absolute atomic E-state index is 0.0140. The van der Waals surface area contributed by atoms with E-state index in [-0.39, 0.29) is 11.5 Å². The van der Waals surface area contributed by atoms with Crippen molar-refractivity contribution in [3.8, 4) is 28.7 Å². The summed E-state index contributed by atoms with van der Waals surface area (Å²) in [7, 11) is 0. The Balaban J connectivity index is 1.92. The van der Waals surface area contributed by atoms with E-state index in [1.807, 2.05) is 19.1 Å². The summed E-state index contributed by atoms with van der Waals surface area (Å²) in [6, 6.07) is 14.7. The molecule has 2 aliphatic heterocycles. The number of phenolic OH excluding ortho intramolecular Hbond substituents is 2. The Labute approximate surface area is 160 Å². The quantitative estimate of drug-likeness (QED) is 0.656. The molecule has 2 heterocycles. The van der Waals surface area contributed by atoms with E-state index in [1.54, 1.807) is 18.2 Å². The van der Waals surface area contributed by atoms with Crippen molar-refractivity contribution in [2.75, 3.05) is 6.61 Å². The van der Waals surface area contributed by atoms with Crippen molar-refractivity contribution in [3.05, 3.63) is 76.9 Å². The fraction of sp³-hybridized carbons (Fsp3) is 0.136. The van der Waals surface area contributed by atoms with Crippen LogP contribution >= 0.6 is 0 Å². The van der Waals surface area contributed by atoms with Crippen LogP contribution in [-0.2, 0) is 10.3 Å². The van der Waals surface area contributed by atoms with Crippen molar-refractivity contribution < 1.29 is 29.2 Å². The Hall–Kier alpha value is -3.67. The highest BCUT2D eigenvalue weighted by molar-refractivity contribution is 5.97. The maximum absolute atomic E-state index is 12.8. The van der Waals surface area contributed by atoms with Gasteiger partial charge in [0.2, 0.25) is 0 Å². The van der Waals surface area contributed by atoms with Crippen LogP contribution in [0.1, 0.15) is 34.0 Å². The van der Waals surface area contributed by atoms with Gasteiger partial charge in [-0.25, -0.2) is 4.79 Å². The first-order chi connectivity index (χ1) is 13.5. The van der Waals surface area contributed by atoms with E-state index in [2.05, 4.69) is 0 Å². The van der Waals surface area contributed by atoms with E-state index >= 15 is 0 Å². The zero-order chi connectivity index (χ0) is 19.5. The number of rotatable bonds is 2. The van der Waals surface area contributed by atoms with E-state index < -0.39 is 11.6 Å². The number of hydrogen-bond donors (Lipinski definition) is 2. The molecule has 1 unspecified atom stereocenters. The highest BCUT2D eigenvalue weighted by Gasteiger charge is 2.55. The van der Waals surface area contributed by atoms with Gasteiger partial charge in [-0.2, -0.15) is 0 Å². The van der Waals surface area contributed by atoms with Crippen LogP contribution < -0.4 is 9.47 Å². The molecule has 2 aliphatic rings. The first-order valence-corrected chi connectivity index (χ1v) is 8.89. The van der Waals surface area contributed by atoms with Crippen molar-refractivity contribution in [2.45, 2.75) is 12.5 Å². The lowest BCUT2D eigenvalue weighted by Gasteiger charge is -2.37. The maximum atomic E-state index is 12.8. The fourth-order valence-electron chi connectivity index (χ4n) is 4.02. The molecule has 2 N–H and O–H groups in total. The lowest BCUT2D eigenvalue weighted by molar-refractivity contribution is 0.0215. The third-order valence-corrected chi connectivity index (χ3v) is 5.04. The third kappa shape index (κ3) is 2.05. The van der Waals surface area contributed by atoms with Crippen LogP contribution in [0, 0.1) is 0 Å². The normalized spacial score (nSPS) is 18.7. The first-order valence-electron chi connectivity index (χ1n) is 8.89. The molecule has 6 heteroatoms. The molecule has 5 rings (SSSR count). The van der Waals surface area contributed by atoms with Gasteiger partial charge >= 0.3 is 5.97 Å². The number of carbonyl (C=O) groups excluding carboxylic acids is 1. The van der Waals surface area contributed by atoms with Crippen molar-refractivity contribution in [3.63, 3.8) is 0 Å². The number of phenols is 2. The molecule has 3 aromatic carbocycles. The molecule has 0 fully saturated rings. The molecule has 28 heavy (non-hydrogen) atoms. The number of aromatic hydroxyl groups is 2. The van der Waals surface area contributed by atoms with Crippen molar-refractivity contribution in [2.24, 2.45) is 0 Å². The summed E-state index contributed by atoms with van der Waals surface area (Å²) in [4.78, 5) is 12.8. The SMILES string of the molecule is CCOc1cc(O)cc2c1C1(OC(=O)c3ccccc31)c1ccc(O)cc1O2. The van der Waals surface area contributed by atoms with Gasteiger partial charge < -0.3 is 24.4 Å². The molecule has 1 spiro atoms. The lowest BCUT2D eigenvalue weighted by Crippen LogP contribution is -2.33. The fourth-order valence-corrected chi connectivity index (χ4v) is 4.02.